The van der Waals surface area contributed by atoms with E-state index in [4.69, 9.17) is 9.26 Å². The van der Waals surface area contributed by atoms with Gasteiger partial charge in [-0.15, -0.1) is 0 Å². The molecule has 1 N–H and O–H groups in total. The maximum absolute atomic E-state index is 9.41. The smallest absolute Gasteiger partial charge is 0.231 e. The summed E-state index contributed by atoms with van der Waals surface area (Å²) in [5.74, 6) is 1.27. The highest BCUT2D eigenvalue weighted by molar-refractivity contribution is 5.28. The van der Waals surface area contributed by atoms with Gasteiger partial charge in [0.25, 0.3) is 0 Å². The third-order valence-electron chi connectivity index (χ3n) is 2.78. The van der Waals surface area contributed by atoms with E-state index in [0.29, 0.717) is 24.7 Å². The molecule has 0 radical (unpaired) electrons. The predicted octanol–water partition coefficient (Wildman–Crippen LogP) is 2.64. The van der Waals surface area contributed by atoms with Crippen molar-refractivity contribution in [3.05, 3.63) is 41.5 Å². The summed E-state index contributed by atoms with van der Waals surface area (Å²) in [5.41, 5.74) is 0.361. The molecule has 102 valence electrons. The molecule has 2 rings (SSSR count). The molecule has 5 heteroatoms. The van der Waals surface area contributed by atoms with Crippen molar-refractivity contribution in [2.75, 3.05) is 6.61 Å². The molecule has 0 amide bonds. The van der Waals surface area contributed by atoms with Crippen LogP contribution in [-0.2, 0) is 16.8 Å². The van der Waals surface area contributed by atoms with E-state index in [1.54, 1.807) is 18.2 Å². The van der Waals surface area contributed by atoms with E-state index >= 15 is 0 Å². The first kappa shape index (κ1) is 13.5. The minimum atomic E-state index is -0.560. The molecule has 0 aliphatic carbocycles. The number of nitrogens with zero attached hydrogens (tertiary/aromatic N) is 2. The first-order chi connectivity index (χ1) is 9.01. The summed E-state index contributed by atoms with van der Waals surface area (Å²) in [5, 5.41) is 13.4. The zero-order valence-electron chi connectivity index (χ0n) is 11.4. The highest BCUT2D eigenvalue weighted by Crippen LogP contribution is 2.22. The number of rotatable bonds is 5. The minimum Gasteiger partial charge on any atom is -0.508 e. The lowest BCUT2D eigenvalue weighted by Crippen LogP contribution is -2.23. The highest BCUT2D eigenvalue weighted by atomic mass is 16.5. The van der Waals surface area contributed by atoms with Crippen LogP contribution in [-0.4, -0.2) is 21.9 Å². The Balaban J connectivity index is 2.13. The van der Waals surface area contributed by atoms with E-state index in [1.165, 1.54) is 0 Å². The second kappa shape index (κ2) is 5.40. The molecular weight excluding hydrogens is 244 g/mol. The van der Waals surface area contributed by atoms with Crippen LogP contribution in [0.1, 0.15) is 38.0 Å². The number of hydrogen-bond acceptors (Lipinski definition) is 5. The van der Waals surface area contributed by atoms with Crippen molar-refractivity contribution in [3.8, 4) is 5.75 Å². The van der Waals surface area contributed by atoms with E-state index < -0.39 is 5.60 Å². The van der Waals surface area contributed by atoms with Crippen molar-refractivity contribution < 1.29 is 14.4 Å². The monoisotopic (exact) mass is 262 g/mol. The Morgan fingerprint density at radius 2 is 2.16 bits per heavy atom. The molecule has 1 aromatic heterocycles. The third-order valence-corrected chi connectivity index (χ3v) is 2.78. The zero-order chi connectivity index (χ0) is 13.9. The summed E-state index contributed by atoms with van der Waals surface area (Å²) in [6, 6.07) is 6.99. The molecule has 5 nitrogen and oxygen atoms in total. The number of hydrogen-bond donors (Lipinski definition) is 1. The molecule has 1 aromatic carbocycles. The number of phenolic OH excluding ortho intramolecular Hbond substituents is 1. The highest BCUT2D eigenvalue weighted by Gasteiger charge is 2.27. The molecule has 0 spiro atoms. The molecule has 0 aliphatic rings. The summed E-state index contributed by atoms with van der Waals surface area (Å²) in [6.07, 6.45) is 0.490. The number of phenols is 1. The zero-order valence-corrected chi connectivity index (χ0v) is 11.4. The topological polar surface area (TPSA) is 68.4 Å². The van der Waals surface area contributed by atoms with Crippen LogP contribution in [0.5, 0.6) is 5.75 Å². The maximum Gasteiger partial charge on any atom is 0.231 e. The molecule has 0 saturated carbocycles. The fourth-order valence-electron chi connectivity index (χ4n) is 1.84. The Kier molecular flexibility index (Phi) is 3.85. The standard InChI is InChI=1S/C14H18N2O3/c1-4-18-14(2,3)13-15-12(19-16-13)9-10-6-5-7-11(17)8-10/h5-8,17H,4,9H2,1-3H3. The summed E-state index contributed by atoms with van der Waals surface area (Å²) in [6.45, 7) is 6.32. The van der Waals surface area contributed by atoms with Crippen molar-refractivity contribution >= 4 is 0 Å². The molecular formula is C14H18N2O3. The fraction of sp³-hybridized carbons (Fsp3) is 0.429. The molecule has 0 saturated heterocycles. The lowest BCUT2D eigenvalue weighted by Gasteiger charge is -2.19. The molecule has 0 aliphatic heterocycles. The number of benzene rings is 1. The van der Waals surface area contributed by atoms with Gasteiger partial charge in [-0.05, 0) is 38.5 Å². The maximum atomic E-state index is 9.41. The normalized spacial score (nSPS) is 11.7. The van der Waals surface area contributed by atoms with Gasteiger partial charge in [0, 0.05) is 6.61 Å². The minimum absolute atomic E-state index is 0.229. The number of ether oxygens (including phenoxy) is 1. The molecule has 0 atom stereocenters. The molecule has 0 unspecified atom stereocenters. The SMILES string of the molecule is CCOC(C)(C)c1noc(Cc2cccc(O)c2)n1. The summed E-state index contributed by atoms with van der Waals surface area (Å²) >= 11 is 0. The average Bonchev–Trinajstić information content (AvgIpc) is 2.78. The Morgan fingerprint density at radius 3 is 2.84 bits per heavy atom. The molecule has 19 heavy (non-hydrogen) atoms. The van der Waals surface area contributed by atoms with Crippen molar-refractivity contribution in [1.82, 2.24) is 10.1 Å². The Bertz CT molecular complexity index is 549. The summed E-state index contributed by atoms with van der Waals surface area (Å²) in [7, 11) is 0. The van der Waals surface area contributed by atoms with Crippen LogP contribution in [0.2, 0.25) is 0 Å². The number of aromatic hydroxyl groups is 1. The van der Waals surface area contributed by atoms with Gasteiger partial charge in [0.15, 0.2) is 0 Å². The molecule has 0 bridgehead atoms. The lowest BCUT2D eigenvalue weighted by molar-refractivity contribution is -0.0221. The van der Waals surface area contributed by atoms with E-state index in [9.17, 15) is 5.11 Å². The molecule has 0 fully saturated rings. The van der Waals surface area contributed by atoms with Crippen molar-refractivity contribution in [2.45, 2.75) is 32.8 Å². The van der Waals surface area contributed by atoms with E-state index in [2.05, 4.69) is 10.1 Å². The van der Waals surface area contributed by atoms with Crippen LogP contribution >= 0.6 is 0 Å². The van der Waals surface area contributed by atoms with Crippen molar-refractivity contribution in [1.29, 1.82) is 0 Å². The number of aromatic nitrogens is 2. The molecule has 1 heterocycles. The summed E-state index contributed by atoms with van der Waals surface area (Å²) < 4.78 is 10.8. The van der Waals surface area contributed by atoms with Crippen molar-refractivity contribution in [2.24, 2.45) is 0 Å². The van der Waals surface area contributed by atoms with Gasteiger partial charge < -0.3 is 14.4 Å². The largest absolute Gasteiger partial charge is 0.508 e. The van der Waals surface area contributed by atoms with E-state index in [0.717, 1.165) is 5.56 Å². The predicted molar refractivity (Wildman–Crippen MR) is 69.9 cm³/mol. The second-order valence-corrected chi connectivity index (χ2v) is 4.80. The van der Waals surface area contributed by atoms with Crippen LogP contribution in [0.25, 0.3) is 0 Å². The van der Waals surface area contributed by atoms with Crippen LogP contribution in [0.3, 0.4) is 0 Å². The lowest BCUT2D eigenvalue weighted by atomic mass is 10.1. The van der Waals surface area contributed by atoms with Crippen LogP contribution in [0, 0.1) is 0 Å². The van der Waals surface area contributed by atoms with Crippen LogP contribution in [0.4, 0.5) is 0 Å². The first-order valence-corrected chi connectivity index (χ1v) is 6.26. The van der Waals surface area contributed by atoms with E-state index in [-0.39, 0.29) is 5.75 Å². The van der Waals surface area contributed by atoms with Gasteiger partial charge in [-0.3, -0.25) is 0 Å². The van der Waals surface area contributed by atoms with Gasteiger partial charge in [0.2, 0.25) is 11.7 Å². The van der Waals surface area contributed by atoms with Crippen LogP contribution < -0.4 is 0 Å². The van der Waals surface area contributed by atoms with Gasteiger partial charge >= 0.3 is 0 Å². The Labute approximate surface area is 112 Å². The van der Waals surface area contributed by atoms with Gasteiger partial charge in [-0.1, -0.05) is 17.3 Å². The third kappa shape index (κ3) is 3.32. The average molecular weight is 262 g/mol. The Morgan fingerprint density at radius 1 is 1.37 bits per heavy atom. The van der Waals surface area contributed by atoms with Gasteiger partial charge in [0.1, 0.15) is 11.4 Å². The first-order valence-electron chi connectivity index (χ1n) is 6.26. The van der Waals surface area contributed by atoms with Gasteiger partial charge in [-0.2, -0.15) is 4.98 Å². The van der Waals surface area contributed by atoms with Gasteiger partial charge in [0.05, 0.1) is 6.42 Å². The van der Waals surface area contributed by atoms with Crippen LogP contribution in [0.15, 0.2) is 28.8 Å². The van der Waals surface area contributed by atoms with Crippen molar-refractivity contribution in [3.63, 3.8) is 0 Å². The second-order valence-electron chi connectivity index (χ2n) is 4.80. The fourth-order valence-corrected chi connectivity index (χ4v) is 1.84. The Hall–Kier alpha value is -1.88. The summed E-state index contributed by atoms with van der Waals surface area (Å²) in [4.78, 5) is 4.34. The molecule has 2 aromatic rings. The van der Waals surface area contributed by atoms with E-state index in [1.807, 2.05) is 26.8 Å². The quantitative estimate of drug-likeness (QED) is 0.897. The van der Waals surface area contributed by atoms with Gasteiger partial charge in [-0.25, -0.2) is 0 Å².